The zero-order valence-electron chi connectivity index (χ0n) is 16.5. The number of anilines is 1. The monoisotopic (exact) mass is 368 g/mol. The first-order valence-corrected chi connectivity index (χ1v) is 9.09. The molecule has 0 aliphatic carbocycles. The summed E-state index contributed by atoms with van der Waals surface area (Å²) in [6.45, 7) is 10.1. The Balaban J connectivity index is 2.10. The quantitative estimate of drug-likeness (QED) is 0.744. The Bertz CT molecular complexity index is 805. The van der Waals surface area contributed by atoms with E-state index in [4.69, 9.17) is 0 Å². The second kappa shape index (κ2) is 8.25. The van der Waals surface area contributed by atoms with E-state index in [1.807, 2.05) is 26.0 Å². The third-order valence-electron chi connectivity index (χ3n) is 4.36. The number of nitrogens with one attached hydrogen (secondary N) is 2. The second-order valence-electron chi connectivity index (χ2n) is 8.06. The number of rotatable bonds is 5. The minimum Gasteiger partial charge on any atom is -0.508 e. The highest BCUT2D eigenvalue weighted by atomic mass is 16.3. The van der Waals surface area contributed by atoms with Gasteiger partial charge in [0.25, 0.3) is 5.91 Å². The van der Waals surface area contributed by atoms with Gasteiger partial charge in [-0.3, -0.25) is 9.59 Å². The highest BCUT2D eigenvalue weighted by Crippen LogP contribution is 2.22. The Hall–Kier alpha value is -2.82. The lowest BCUT2D eigenvalue weighted by molar-refractivity contribution is -0.118. The Labute approximate surface area is 160 Å². The van der Waals surface area contributed by atoms with Gasteiger partial charge >= 0.3 is 0 Å². The van der Waals surface area contributed by atoms with Crippen molar-refractivity contribution >= 4 is 17.5 Å². The minimum absolute atomic E-state index is 0.0105. The van der Waals surface area contributed by atoms with E-state index in [9.17, 15) is 14.7 Å². The SMILES string of the molecule is CC(C)C(NC(=O)c1ccc(C(C)(C)C)cc1)C(=O)Nc1cccc(O)c1. The summed E-state index contributed by atoms with van der Waals surface area (Å²) in [7, 11) is 0. The molecule has 5 heteroatoms. The number of hydrogen-bond acceptors (Lipinski definition) is 3. The first-order valence-electron chi connectivity index (χ1n) is 9.09. The van der Waals surface area contributed by atoms with Crippen LogP contribution in [0.5, 0.6) is 5.75 Å². The summed E-state index contributed by atoms with van der Waals surface area (Å²) in [5.41, 5.74) is 2.14. The van der Waals surface area contributed by atoms with Crippen LogP contribution in [0.4, 0.5) is 5.69 Å². The van der Waals surface area contributed by atoms with Gasteiger partial charge < -0.3 is 15.7 Å². The molecule has 1 unspecified atom stereocenters. The highest BCUT2D eigenvalue weighted by molar-refractivity contribution is 6.01. The van der Waals surface area contributed by atoms with Gasteiger partial charge in [-0.1, -0.05) is 52.8 Å². The second-order valence-corrected chi connectivity index (χ2v) is 8.06. The Morgan fingerprint density at radius 1 is 1.00 bits per heavy atom. The number of benzene rings is 2. The molecule has 0 bridgehead atoms. The van der Waals surface area contributed by atoms with Gasteiger partial charge in [0.1, 0.15) is 11.8 Å². The zero-order valence-corrected chi connectivity index (χ0v) is 16.5. The van der Waals surface area contributed by atoms with Crippen molar-refractivity contribution in [2.45, 2.75) is 46.1 Å². The third-order valence-corrected chi connectivity index (χ3v) is 4.36. The minimum atomic E-state index is -0.692. The number of phenolic OH excluding ortho intramolecular Hbond substituents is 1. The molecule has 0 saturated carbocycles. The molecule has 1 atom stereocenters. The van der Waals surface area contributed by atoms with Crippen molar-refractivity contribution in [3.05, 3.63) is 59.7 Å². The van der Waals surface area contributed by atoms with Crippen molar-refractivity contribution in [3.8, 4) is 5.75 Å². The average Bonchev–Trinajstić information content (AvgIpc) is 2.58. The van der Waals surface area contributed by atoms with Crippen LogP contribution in [-0.2, 0) is 10.2 Å². The molecule has 144 valence electrons. The third kappa shape index (κ3) is 5.58. The van der Waals surface area contributed by atoms with Crippen LogP contribution in [0, 0.1) is 5.92 Å². The molecule has 0 aliphatic rings. The van der Waals surface area contributed by atoms with E-state index >= 15 is 0 Å². The molecule has 2 rings (SSSR count). The van der Waals surface area contributed by atoms with Crippen LogP contribution in [0.3, 0.4) is 0 Å². The van der Waals surface area contributed by atoms with Gasteiger partial charge in [-0.05, 0) is 41.2 Å². The fraction of sp³-hybridized carbons (Fsp3) is 0.364. The van der Waals surface area contributed by atoms with Gasteiger partial charge in [0.05, 0.1) is 0 Å². The molecule has 3 N–H and O–H groups in total. The molecule has 0 aromatic heterocycles. The molecule has 27 heavy (non-hydrogen) atoms. The van der Waals surface area contributed by atoms with E-state index in [0.29, 0.717) is 11.3 Å². The number of carbonyl (C=O) groups excluding carboxylic acids is 2. The van der Waals surface area contributed by atoms with Gasteiger partial charge in [0.15, 0.2) is 0 Å². The predicted octanol–water partition coefficient (Wildman–Crippen LogP) is 4.08. The molecule has 0 saturated heterocycles. The molecule has 0 radical (unpaired) electrons. The van der Waals surface area contributed by atoms with Crippen molar-refractivity contribution in [1.29, 1.82) is 0 Å². The Kier molecular flexibility index (Phi) is 6.26. The fourth-order valence-electron chi connectivity index (χ4n) is 2.68. The maximum absolute atomic E-state index is 12.6. The largest absolute Gasteiger partial charge is 0.508 e. The van der Waals surface area contributed by atoms with Crippen molar-refractivity contribution in [1.82, 2.24) is 5.32 Å². The molecule has 0 aliphatic heterocycles. The van der Waals surface area contributed by atoms with Crippen LogP contribution in [0.25, 0.3) is 0 Å². The van der Waals surface area contributed by atoms with Crippen LogP contribution in [0.1, 0.15) is 50.5 Å². The molecule has 2 aromatic rings. The predicted molar refractivity (Wildman–Crippen MR) is 108 cm³/mol. The van der Waals surface area contributed by atoms with Crippen molar-refractivity contribution in [3.63, 3.8) is 0 Å². The van der Waals surface area contributed by atoms with Crippen LogP contribution >= 0.6 is 0 Å². The maximum Gasteiger partial charge on any atom is 0.251 e. The summed E-state index contributed by atoms with van der Waals surface area (Å²) in [6.07, 6.45) is 0. The Morgan fingerprint density at radius 3 is 2.15 bits per heavy atom. The highest BCUT2D eigenvalue weighted by Gasteiger charge is 2.25. The maximum atomic E-state index is 12.6. The van der Waals surface area contributed by atoms with Crippen LogP contribution in [-0.4, -0.2) is 23.0 Å². The van der Waals surface area contributed by atoms with Gasteiger partial charge in [-0.25, -0.2) is 0 Å². The number of phenols is 1. The lowest BCUT2D eigenvalue weighted by atomic mass is 9.86. The van der Waals surface area contributed by atoms with Crippen molar-refractivity contribution in [2.75, 3.05) is 5.32 Å². The van der Waals surface area contributed by atoms with Crippen molar-refractivity contribution < 1.29 is 14.7 Å². The van der Waals surface area contributed by atoms with E-state index < -0.39 is 6.04 Å². The van der Waals surface area contributed by atoms with Gasteiger partial charge in [-0.15, -0.1) is 0 Å². The van der Waals surface area contributed by atoms with E-state index in [1.54, 1.807) is 24.3 Å². The fourth-order valence-corrected chi connectivity index (χ4v) is 2.68. The first kappa shape index (κ1) is 20.5. The van der Waals surface area contributed by atoms with E-state index in [1.165, 1.54) is 12.1 Å². The zero-order chi connectivity index (χ0) is 20.2. The molecule has 0 fully saturated rings. The van der Waals surface area contributed by atoms with Crippen molar-refractivity contribution in [2.24, 2.45) is 5.92 Å². The molecule has 2 amide bonds. The normalized spacial score (nSPS) is 12.5. The van der Waals surface area contributed by atoms with Crippen LogP contribution < -0.4 is 10.6 Å². The molecule has 5 nitrogen and oxygen atoms in total. The smallest absolute Gasteiger partial charge is 0.251 e. The number of hydrogen-bond donors (Lipinski definition) is 3. The van der Waals surface area contributed by atoms with E-state index in [2.05, 4.69) is 31.4 Å². The Morgan fingerprint density at radius 2 is 1.63 bits per heavy atom. The lowest BCUT2D eigenvalue weighted by Crippen LogP contribution is -2.47. The molecule has 0 heterocycles. The summed E-state index contributed by atoms with van der Waals surface area (Å²) in [5.74, 6) is -0.646. The van der Waals surface area contributed by atoms with Gasteiger partial charge in [0.2, 0.25) is 5.91 Å². The standard InChI is InChI=1S/C22H28N2O3/c1-14(2)19(21(27)23-17-7-6-8-18(25)13-17)24-20(26)15-9-11-16(12-10-15)22(3,4)5/h6-14,19,25H,1-5H3,(H,23,27)(H,24,26). The molecule has 2 aromatic carbocycles. The van der Waals surface area contributed by atoms with Crippen LogP contribution in [0.2, 0.25) is 0 Å². The summed E-state index contributed by atoms with van der Waals surface area (Å²) in [4.78, 5) is 25.2. The van der Waals surface area contributed by atoms with Crippen LogP contribution in [0.15, 0.2) is 48.5 Å². The lowest BCUT2D eigenvalue weighted by Gasteiger charge is -2.22. The molecular weight excluding hydrogens is 340 g/mol. The number of amides is 2. The molecular formula is C22H28N2O3. The summed E-state index contributed by atoms with van der Waals surface area (Å²) in [5, 5.41) is 15.1. The number of aromatic hydroxyl groups is 1. The average molecular weight is 368 g/mol. The summed E-state index contributed by atoms with van der Waals surface area (Å²) >= 11 is 0. The first-order chi connectivity index (χ1) is 12.6. The van der Waals surface area contributed by atoms with E-state index in [-0.39, 0.29) is 28.9 Å². The van der Waals surface area contributed by atoms with Gasteiger partial charge in [-0.2, -0.15) is 0 Å². The molecule has 0 spiro atoms. The number of carbonyl (C=O) groups is 2. The van der Waals surface area contributed by atoms with Gasteiger partial charge in [0, 0.05) is 17.3 Å². The van der Waals surface area contributed by atoms with E-state index in [0.717, 1.165) is 5.56 Å². The topological polar surface area (TPSA) is 78.4 Å². The summed E-state index contributed by atoms with van der Waals surface area (Å²) < 4.78 is 0. The summed E-state index contributed by atoms with van der Waals surface area (Å²) in [6, 6.07) is 13.1.